The van der Waals surface area contributed by atoms with Crippen molar-refractivity contribution in [2.45, 2.75) is 6.92 Å². The molecule has 1 aromatic heterocycles. The number of pyridine rings is 1. The highest BCUT2D eigenvalue weighted by atomic mass is 19.1. The Morgan fingerprint density at radius 1 is 1.24 bits per heavy atom. The van der Waals surface area contributed by atoms with E-state index in [-0.39, 0.29) is 17.3 Å². The molecule has 0 radical (unpaired) electrons. The number of nitrogens with zero attached hydrogens (tertiary/aromatic N) is 3. The van der Waals surface area contributed by atoms with E-state index in [1.807, 2.05) is 4.90 Å². The fourth-order valence-corrected chi connectivity index (χ4v) is 2.89. The van der Waals surface area contributed by atoms with Gasteiger partial charge in [-0.3, -0.25) is 4.79 Å². The number of carbonyl (C=O) groups is 1. The Balaban J connectivity index is 1.69. The van der Waals surface area contributed by atoms with Gasteiger partial charge in [-0.25, -0.2) is 9.37 Å². The molecule has 3 N–H and O–H groups in total. The van der Waals surface area contributed by atoms with E-state index in [0.717, 1.165) is 32.7 Å². The molecule has 1 saturated heterocycles. The van der Waals surface area contributed by atoms with E-state index in [4.69, 9.17) is 5.73 Å². The third-order valence-corrected chi connectivity index (χ3v) is 4.41. The van der Waals surface area contributed by atoms with E-state index in [1.165, 1.54) is 12.3 Å². The summed E-state index contributed by atoms with van der Waals surface area (Å²) >= 11 is 0. The third kappa shape index (κ3) is 4.06. The minimum Gasteiger partial charge on any atom is -0.384 e. The molecule has 6 nitrogen and oxygen atoms in total. The van der Waals surface area contributed by atoms with Gasteiger partial charge in [0.25, 0.3) is 5.91 Å². The molecule has 7 heteroatoms. The average Bonchev–Trinajstić information content (AvgIpc) is 2.63. The number of aromatic nitrogens is 1. The van der Waals surface area contributed by atoms with E-state index in [1.54, 1.807) is 24.3 Å². The largest absolute Gasteiger partial charge is 0.384 e. The number of nitrogens with one attached hydrogen (secondary N) is 1. The van der Waals surface area contributed by atoms with Crippen LogP contribution in [0.25, 0.3) is 0 Å². The van der Waals surface area contributed by atoms with Crippen molar-refractivity contribution in [1.29, 1.82) is 0 Å². The Morgan fingerprint density at radius 2 is 2.00 bits per heavy atom. The second-order valence-corrected chi connectivity index (χ2v) is 6.01. The number of piperazine rings is 1. The first-order valence-corrected chi connectivity index (χ1v) is 8.36. The average molecular weight is 343 g/mol. The lowest BCUT2D eigenvalue weighted by Crippen LogP contribution is -2.46. The number of benzene rings is 1. The number of rotatable bonds is 4. The number of halogens is 1. The minimum atomic E-state index is -0.382. The minimum absolute atomic E-state index is 0.269. The summed E-state index contributed by atoms with van der Waals surface area (Å²) < 4.78 is 14.5. The first-order chi connectivity index (χ1) is 12.1. The highest BCUT2D eigenvalue weighted by Gasteiger charge is 2.19. The Kier molecular flexibility index (Phi) is 5.14. The monoisotopic (exact) mass is 343 g/mol. The van der Waals surface area contributed by atoms with Gasteiger partial charge in [0.1, 0.15) is 11.6 Å². The summed E-state index contributed by atoms with van der Waals surface area (Å²) in [5, 5.41) is 2.68. The quantitative estimate of drug-likeness (QED) is 0.890. The van der Waals surface area contributed by atoms with Gasteiger partial charge >= 0.3 is 0 Å². The zero-order valence-corrected chi connectivity index (χ0v) is 14.2. The van der Waals surface area contributed by atoms with Crippen LogP contribution in [0.3, 0.4) is 0 Å². The van der Waals surface area contributed by atoms with Crippen LogP contribution in [0.15, 0.2) is 36.5 Å². The van der Waals surface area contributed by atoms with Crippen LogP contribution in [-0.2, 0) is 0 Å². The number of amides is 1. The molecule has 1 fully saturated rings. The first-order valence-electron chi connectivity index (χ1n) is 8.36. The Morgan fingerprint density at radius 3 is 2.60 bits per heavy atom. The molecule has 0 spiro atoms. The highest BCUT2D eigenvalue weighted by Crippen LogP contribution is 2.22. The molecule has 1 aromatic carbocycles. The summed E-state index contributed by atoms with van der Waals surface area (Å²) in [5.41, 5.74) is 6.84. The lowest BCUT2D eigenvalue weighted by atomic mass is 10.1. The van der Waals surface area contributed by atoms with Gasteiger partial charge in [0.05, 0.1) is 17.6 Å². The van der Waals surface area contributed by atoms with Crippen molar-refractivity contribution in [1.82, 2.24) is 9.88 Å². The number of hydrogen-bond donors (Lipinski definition) is 2. The van der Waals surface area contributed by atoms with Crippen molar-refractivity contribution in [3.63, 3.8) is 0 Å². The number of carbonyl (C=O) groups excluding carboxylic acids is 1. The van der Waals surface area contributed by atoms with Crippen LogP contribution in [0.5, 0.6) is 0 Å². The normalized spacial score (nSPS) is 15.2. The fourth-order valence-electron chi connectivity index (χ4n) is 2.89. The number of hydrogen-bond acceptors (Lipinski definition) is 5. The van der Waals surface area contributed by atoms with E-state index in [9.17, 15) is 9.18 Å². The van der Waals surface area contributed by atoms with Crippen molar-refractivity contribution < 1.29 is 9.18 Å². The van der Waals surface area contributed by atoms with Gasteiger partial charge in [-0.05, 0) is 36.9 Å². The molecule has 1 amide bonds. The van der Waals surface area contributed by atoms with Gasteiger partial charge < -0.3 is 20.9 Å². The Labute approximate surface area is 146 Å². The molecule has 1 aliphatic heterocycles. The summed E-state index contributed by atoms with van der Waals surface area (Å²) in [6, 6.07) is 7.84. The molecule has 0 bridgehead atoms. The van der Waals surface area contributed by atoms with E-state index in [0.29, 0.717) is 17.2 Å². The lowest BCUT2D eigenvalue weighted by molar-refractivity contribution is 0.102. The molecule has 132 valence electrons. The van der Waals surface area contributed by atoms with Gasteiger partial charge in [0.2, 0.25) is 0 Å². The second kappa shape index (κ2) is 7.48. The molecule has 1 aliphatic rings. The molecular formula is C18H22FN5O. The van der Waals surface area contributed by atoms with Gasteiger partial charge in [0, 0.05) is 31.7 Å². The van der Waals surface area contributed by atoms with Crippen molar-refractivity contribution in [3.8, 4) is 0 Å². The zero-order chi connectivity index (χ0) is 17.8. The Hall–Kier alpha value is -2.67. The van der Waals surface area contributed by atoms with Crippen LogP contribution in [-0.4, -0.2) is 48.5 Å². The van der Waals surface area contributed by atoms with Crippen LogP contribution in [0, 0.1) is 5.82 Å². The smallest absolute Gasteiger partial charge is 0.255 e. The molecule has 3 rings (SSSR count). The van der Waals surface area contributed by atoms with Crippen LogP contribution in [0.2, 0.25) is 0 Å². The van der Waals surface area contributed by atoms with Gasteiger partial charge in [-0.15, -0.1) is 0 Å². The topological polar surface area (TPSA) is 74.5 Å². The van der Waals surface area contributed by atoms with Gasteiger partial charge in [-0.2, -0.15) is 0 Å². The number of nitrogens with two attached hydrogens (primary N) is 1. The summed E-state index contributed by atoms with van der Waals surface area (Å²) in [6.45, 7) is 6.54. The number of nitrogen functional groups attached to an aromatic ring is 1. The number of anilines is 3. The molecular weight excluding hydrogens is 321 g/mol. The summed E-state index contributed by atoms with van der Waals surface area (Å²) in [6.07, 6.45) is 1.46. The second-order valence-electron chi connectivity index (χ2n) is 6.01. The maximum atomic E-state index is 14.5. The summed E-state index contributed by atoms with van der Waals surface area (Å²) in [7, 11) is 0. The van der Waals surface area contributed by atoms with Crippen molar-refractivity contribution in [2.75, 3.05) is 48.7 Å². The molecule has 25 heavy (non-hydrogen) atoms. The molecule has 2 heterocycles. The van der Waals surface area contributed by atoms with Crippen LogP contribution < -0.4 is 16.0 Å². The van der Waals surface area contributed by atoms with Gasteiger partial charge in [0.15, 0.2) is 0 Å². The van der Waals surface area contributed by atoms with Crippen LogP contribution in [0.1, 0.15) is 17.3 Å². The molecule has 0 unspecified atom stereocenters. The zero-order valence-electron chi connectivity index (χ0n) is 14.2. The summed E-state index contributed by atoms with van der Waals surface area (Å²) in [4.78, 5) is 20.5. The standard InChI is InChI=1S/C18H22FN5O/c1-2-23-7-9-24(10-8-23)16-5-3-13(11-15(16)19)18(25)22-14-4-6-17(20)21-12-14/h3-6,11-12H,2,7-10H2,1H3,(H2,20,21)(H,22,25). The predicted molar refractivity (Wildman–Crippen MR) is 97.3 cm³/mol. The third-order valence-electron chi connectivity index (χ3n) is 4.41. The maximum absolute atomic E-state index is 14.5. The van der Waals surface area contributed by atoms with Crippen molar-refractivity contribution in [2.24, 2.45) is 0 Å². The summed E-state index contributed by atoms with van der Waals surface area (Å²) in [5.74, 6) is -0.391. The molecule has 0 aliphatic carbocycles. The van der Waals surface area contributed by atoms with Crippen molar-refractivity contribution in [3.05, 3.63) is 47.9 Å². The first kappa shape index (κ1) is 17.2. The SMILES string of the molecule is CCN1CCN(c2ccc(C(=O)Nc3ccc(N)nc3)cc2F)CC1. The molecule has 2 aromatic rings. The van der Waals surface area contributed by atoms with Crippen LogP contribution in [0.4, 0.5) is 21.6 Å². The van der Waals surface area contributed by atoms with E-state index in [2.05, 4.69) is 22.1 Å². The van der Waals surface area contributed by atoms with Crippen molar-refractivity contribution >= 4 is 23.1 Å². The van der Waals surface area contributed by atoms with E-state index >= 15 is 0 Å². The fraction of sp³-hybridized carbons (Fsp3) is 0.333. The van der Waals surface area contributed by atoms with Crippen LogP contribution >= 0.6 is 0 Å². The maximum Gasteiger partial charge on any atom is 0.255 e. The predicted octanol–water partition coefficient (Wildman–Crippen LogP) is 2.20. The highest BCUT2D eigenvalue weighted by molar-refractivity contribution is 6.04. The Bertz CT molecular complexity index is 742. The van der Waals surface area contributed by atoms with Gasteiger partial charge in [-0.1, -0.05) is 6.92 Å². The molecule has 0 atom stereocenters. The van der Waals surface area contributed by atoms with E-state index < -0.39 is 0 Å². The lowest BCUT2D eigenvalue weighted by Gasteiger charge is -2.35. The number of likely N-dealkylation sites (N-methyl/N-ethyl adjacent to an activating group) is 1. The molecule has 0 saturated carbocycles.